The highest BCUT2D eigenvalue weighted by Gasteiger charge is 2.12. The molecule has 0 radical (unpaired) electrons. The maximum absolute atomic E-state index is 10.7. The van der Waals surface area contributed by atoms with E-state index in [1.54, 1.807) is 0 Å². The highest BCUT2D eigenvalue weighted by molar-refractivity contribution is 7.86. The van der Waals surface area contributed by atoms with Crippen LogP contribution < -0.4 is 0 Å². The normalized spacial score (nSPS) is 24.2. The van der Waals surface area contributed by atoms with Crippen LogP contribution in [0.4, 0.5) is 0 Å². The third kappa shape index (κ3) is 4.31. The molecule has 0 saturated heterocycles. The van der Waals surface area contributed by atoms with Gasteiger partial charge in [-0.25, -0.2) is 0 Å². The second-order valence-corrected chi connectivity index (χ2v) is 5.36. The Bertz CT molecular complexity index is 280. The van der Waals surface area contributed by atoms with Crippen LogP contribution in [0.25, 0.3) is 0 Å². The number of hydrogen-bond donors (Lipinski definition) is 0. The van der Waals surface area contributed by atoms with Gasteiger partial charge in [0.1, 0.15) is 6.26 Å². The van der Waals surface area contributed by atoms with Crippen LogP contribution in [0.3, 0.4) is 0 Å². The van der Waals surface area contributed by atoms with Crippen LogP contribution in [0.5, 0.6) is 0 Å². The van der Waals surface area contributed by atoms with E-state index in [0.29, 0.717) is 0 Å². The van der Waals surface area contributed by atoms with Crippen LogP contribution in [0.1, 0.15) is 32.6 Å². The molecule has 0 aromatic heterocycles. The molecule has 13 heavy (non-hydrogen) atoms. The van der Waals surface area contributed by atoms with E-state index >= 15 is 0 Å². The molecule has 1 fully saturated rings. The lowest BCUT2D eigenvalue weighted by Gasteiger charge is -2.19. The predicted octanol–water partition coefficient (Wildman–Crippen LogP) is 2.06. The summed E-state index contributed by atoms with van der Waals surface area (Å²) in [5.41, 5.74) is 1.11. The molecule has 1 aliphatic carbocycles. The van der Waals surface area contributed by atoms with Crippen LogP contribution >= 0.6 is 0 Å². The Morgan fingerprint density at radius 1 is 1.38 bits per heavy atom. The second-order valence-electron chi connectivity index (χ2n) is 3.76. The molecule has 0 spiro atoms. The molecule has 0 bridgehead atoms. The van der Waals surface area contributed by atoms with Crippen LogP contribution in [0.15, 0.2) is 11.8 Å². The Hall–Kier alpha value is -0.510. The second kappa shape index (κ2) is 4.13. The van der Waals surface area contributed by atoms with Gasteiger partial charge in [-0.15, -0.1) is 0 Å². The summed E-state index contributed by atoms with van der Waals surface area (Å²) in [4.78, 5) is 0. The molecule has 0 amide bonds. The van der Waals surface area contributed by atoms with Crippen molar-refractivity contribution in [3.63, 3.8) is 0 Å². The van der Waals surface area contributed by atoms with Gasteiger partial charge in [0, 0.05) is 0 Å². The monoisotopic (exact) mass is 205 g/mol. The van der Waals surface area contributed by atoms with Crippen LogP contribution in [0, 0.1) is 5.92 Å². The summed E-state index contributed by atoms with van der Waals surface area (Å²) < 4.78 is 26.0. The molecule has 4 heteroatoms. The minimum atomic E-state index is -3.31. The summed E-state index contributed by atoms with van der Waals surface area (Å²) in [5, 5.41) is 0. The molecule has 0 heterocycles. The number of allylic oxidation sites excluding steroid dienone is 1. The van der Waals surface area contributed by atoms with E-state index in [2.05, 4.69) is 11.1 Å². The van der Waals surface area contributed by atoms with Gasteiger partial charge < -0.3 is 4.18 Å². The zero-order chi connectivity index (χ0) is 9.90. The average molecular weight is 205 g/mol. The zero-order valence-corrected chi connectivity index (χ0v) is 8.93. The summed E-state index contributed by atoms with van der Waals surface area (Å²) >= 11 is 0. The van der Waals surface area contributed by atoms with E-state index in [4.69, 9.17) is 0 Å². The van der Waals surface area contributed by atoms with E-state index in [-0.39, 0.29) is 0 Å². The van der Waals surface area contributed by atoms with Crippen molar-refractivity contribution >= 4 is 10.1 Å². The highest BCUT2D eigenvalue weighted by Crippen LogP contribution is 2.27. The van der Waals surface area contributed by atoms with Crippen LogP contribution in [-0.4, -0.2) is 14.7 Å². The van der Waals surface area contributed by atoms with Gasteiger partial charge in [0.15, 0.2) is 0 Å². The van der Waals surface area contributed by atoms with E-state index in [1.807, 2.05) is 0 Å². The fraction of sp³-hybridized carbons (Fsp3) is 0.778. The van der Waals surface area contributed by atoms with E-state index < -0.39 is 10.1 Å². The van der Waals surface area contributed by atoms with Gasteiger partial charge in [0.25, 0.3) is 0 Å². The van der Waals surface area contributed by atoms with Crippen molar-refractivity contribution in [3.05, 3.63) is 11.8 Å². The van der Waals surface area contributed by atoms with Gasteiger partial charge in [0.2, 0.25) is 0 Å². The minimum Gasteiger partial charge on any atom is -0.391 e. The lowest BCUT2D eigenvalue weighted by molar-refractivity contribution is 0.411. The van der Waals surface area contributed by atoms with Crippen molar-refractivity contribution in [2.24, 2.45) is 5.92 Å². The fourth-order valence-corrected chi connectivity index (χ4v) is 1.72. The first-order valence-corrected chi connectivity index (χ1v) is 6.35. The molecule has 0 atom stereocenters. The summed E-state index contributed by atoms with van der Waals surface area (Å²) in [5.74, 6) is 0.760. The summed E-state index contributed by atoms with van der Waals surface area (Å²) in [6.45, 7) is 2.22. The molecular weight excluding hydrogens is 189 g/mol. The molecule has 1 rings (SSSR count). The summed E-state index contributed by atoms with van der Waals surface area (Å²) in [6.07, 6.45) is 6.68. The van der Waals surface area contributed by atoms with Gasteiger partial charge in [0.05, 0.1) is 6.26 Å². The van der Waals surface area contributed by atoms with Crippen molar-refractivity contribution in [2.75, 3.05) is 6.26 Å². The lowest BCUT2D eigenvalue weighted by atomic mass is 9.89. The molecule has 1 saturated carbocycles. The molecule has 0 aromatic rings. The van der Waals surface area contributed by atoms with E-state index in [1.165, 1.54) is 6.26 Å². The van der Waals surface area contributed by atoms with Crippen LogP contribution in [-0.2, 0) is 14.3 Å². The van der Waals surface area contributed by atoms with Crippen molar-refractivity contribution in [1.82, 2.24) is 0 Å². The molecule has 0 aromatic carbocycles. The Kier molecular flexibility index (Phi) is 3.36. The van der Waals surface area contributed by atoms with Crippen molar-refractivity contribution in [2.45, 2.75) is 32.6 Å². The van der Waals surface area contributed by atoms with E-state index in [0.717, 1.165) is 43.4 Å². The number of rotatable bonds is 2. The molecule has 0 aliphatic heterocycles. The van der Waals surface area contributed by atoms with Crippen molar-refractivity contribution < 1.29 is 12.6 Å². The van der Waals surface area contributed by atoms with E-state index in [9.17, 15) is 8.42 Å². The minimum absolute atomic E-state index is 0.760. The SMILES string of the molecule is CC1CCC(=[13CH]OS(C)(=O)=O)CC1. The smallest absolute Gasteiger partial charge is 0.305 e. The van der Waals surface area contributed by atoms with Crippen molar-refractivity contribution in [3.8, 4) is 0 Å². The molecule has 0 N–H and O–H groups in total. The highest BCUT2D eigenvalue weighted by atomic mass is 32.2. The van der Waals surface area contributed by atoms with Crippen LogP contribution in [0.2, 0.25) is 0 Å². The van der Waals surface area contributed by atoms with Gasteiger partial charge in [-0.2, -0.15) is 8.42 Å². The lowest BCUT2D eigenvalue weighted by Crippen LogP contribution is -2.05. The fourth-order valence-electron chi connectivity index (χ4n) is 1.41. The van der Waals surface area contributed by atoms with Gasteiger partial charge in [-0.1, -0.05) is 6.92 Å². The number of hydrogen-bond acceptors (Lipinski definition) is 3. The molecule has 76 valence electrons. The third-order valence-electron chi connectivity index (χ3n) is 2.31. The average Bonchev–Trinajstić information content (AvgIpc) is 2.02. The standard InChI is InChI=1S/C9H16O3S/c1-8-3-5-9(6-4-8)7-12-13(2,10)11/h7-8H,3-6H2,1-2H3/i7+1. The zero-order valence-electron chi connectivity index (χ0n) is 8.12. The Labute approximate surface area is 79.9 Å². The Balaban J connectivity index is 2.45. The van der Waals surface area contributed by atoms with Gasteiger partial charge in [-0.05, 0) is 37.2 Å². The Morgan fingerprint density at radius 2 is 1.92 bits per heavy atom. The maximum atomic E-state index is 10.7. The third-order valence-corrected chi connectivity index (χ3v) is 2.75. The van der Waals surface area contributed by atoms with Gasteiger partial charge in [-0.3, -0.25) is 0 Å². The topological polar surface area (TPSA) is 43.4 Å². The Morgan fingerprint density at radius 3 is 2.38 bits per heavy atom. The first kappa shape index (κ1) is 10.6. The van der Waals surface area contributed by atoms with Crippen molar-refractivity contribution in [1.29, 1.82) is 0 Å². The maximum Gasteiger partial charge on any atom is 0.305 e. The molecule has 0 unspecified atom stereocenters. The van der Waals surface area contributed by atoms with Gasteiger partial charge >= 0.3 is 10.1 Å². The summed E-state index contributed by atoms with van der Waals surface area (Å²) in [6, 6.07) is 0. The summed E-state index contributed by atoms with van der Waals surface area (Å²) in [7, 11) is -3.31. The molecule has 3 nitrogen and oxygen atoms in total. The molecule has 1 aliphatic rings. The largest absolute Gasteiger partial charge is 0.391 e. The predicted molar refractivity (Wildman–Crippen MR) is 51.6 cm³/mol. The first-order valence-electron chi connectivity index (χ1n) is 4.53. The molecular formula is C9H16O3S. The first-order chi connectivity index (χ1) is 5.97. The quantitative estimate of drug-likeness (QED) is 0.393.